The minimum atomic E-state index is -3.52. The van der Waals surface area contributed by atoms with E-state index in [0.29, 0.717) is 6.42 Å². The number of carbonyl (C=O) groups is 1. The van der Waals surface area contributed by atoms with Gasteiger partial charge in [0.1, 0.15) is 0 Å². The third kappa shape index (κ3) is 5.13. The molecule has 122 valence electrons. The second kappa shape index (κ2) is 7.43. The zero-order valence-corrected chi connectivity index (χ0v) is 14.5. The Bertz CT molecular complexity index is 484. The zero-order valence-electron chi connectivity index (χ0n) is 13.7. The Morgan fingerprint density at radius 1 is 1.38 bits per heavy atom. The molecular formula is C16H29NO3S. The predicted molar refractivity (Wildman–Crippen MR) is 86.3 cm³/mol. The minimum Gasteiger partial charge on any atom is -0.274 e. The van der Waals surface area contributed by atoms with E-state index in [1.807, 2.05) is 6.92 Å². The highest BCUT2D eigenvalue weighted by molar-refractivity contribution is 7.90. The van der Waals surface area contributed by atoms with E-state index in [9.17, 15) is 13.2 Å². The van der Waals surface area contributed by atoms with Gasteiger partial charge in [-0.05, 0) is 38.0 Å². The first-order valence-electron chi connectivity index (χ1n) is 8.00. The molecule has 4 nitrogen and oxygen atoms in total. The molecule has 0 aromatic rings. The molecule has 0 bridgehead atoms. The summed E-state index contributed by atoms with van der Waals surface area (Å²) in [5.41, 5.74) is -0.165. The summed E-state index contributed by atoms with van der Waals surface area (Å²) in [6.45, 7) is 7.61. The van der Waals surface area contributed by atoms with Crippen LogP contribution in [-0.2, 0) is 14.8 Å². The number of rotatable bonds is 9. The van der Waals surface area contributed by atoms with Crippen LogP contribution in [0.3, 0.4) is 0 Å². The zero-order chi connectivity index (χ0) is 16.1. The van der Waals surface area contributed by atoms with Gasteiger partial charge in [-0.2, -0.15) is 0 Å². The topological polar surface area (TPSA) is 63.2 Å². The van der Waals surface area contributed by atoms with Crippen LogP contribution in [0, 0.1) is 11.3 Å². The van der Waals surface area contributed by atoms with Crippen molar-refractivity contribution in [3.8, 4) is 0 Å². The molecule has 1 amide bonds. The first-order valence-corrected chi connectivity index (χ1v) is 9.54. The van der Waals surface area contributed by atoms with Gasteiger partial charge < -0.3 is 0 Å². The summed E-state index contributed by atoms with van der Waals surface area (Å²) in [7, 11) is -3.52. The van der Waals surface area contributed by atoms with Gasteiger partial charge in [0.2, 0.25) is 15.9 Å². The molecule has 1 N–H and O–H groups in total. The second-order valence-corrected chi connectivity index (χ2v) is 8.49. The molecule has 5 heteroatoms. The highest BCUT2D eigenvalue weighted by Gasteiger charge is 2.53. The molecule has 0 aromatic heterocycles. The van der Waals surface area contributed by atoms with Gasteiger partial charge in [-0.25, -0.2) is 8.42 Å². The first kappa shape index (κ1) is 18.2. The minimum absolute atomic E-state index is 0.165. The third-order valence-electron chi connectivity index (χ3n) is 4.42. The van der Waals surface area contributed by atoms with E-state index in [-0.39, 0.29) is 17.2 Å². The maximum absolute atomic E-state index is 12.1. The number of hydrogen-bond acceptors (Lipinski definition) is 3. The van der Waals surface area contributed by atoms with Crippen LogP contribution in [0.5, 0.6) is 0 Å². The molecule has 3 atom stereocenters. The number of nitrogens with one attached hydrogen (secondary N) is 1. The maximum atomic E-state index is 12.1. The number of amides is 1. The highest BCUT2D eigenvalue weighted by Crippen LogP contribution is 2.53. The molecule has 3 unspecified atom stereocenters. The van der Waals surface area contributed by atoms with Crippen LogP contribution in [-0.4, -0.2) is 19.6 Å². The Balaban J connectivity index is 2.48. The fraction of sp³-hybridized carbons (Fsp3) is 0.812. The number of allylic oxidation sites excluding steroid dienone is 2. The summed E-state index contributed by atoms with van der Waals surface area (Å²) < 4.78 is 26.0. The molecule has 1 rings (SSSR count). The van der Waals surface area contributed by atoms with Crippen molar-refractivity contribution in [1.29, 1.82) is 0 Å². The van der Waals surface area contributed by atoms with E-state index in [0.717, 1.165) is 12.8 Å². The molecule has 0 saturated heterocycles. The van der Waals surface area contributed by atoms with Crippen LogP contribution < -0.4 is 4.72 Å². The standard InChI is InChI=1S/C16H29NO3S/c1-5-7-8-9-10-11-16(4)12-14(16)15(18)17-21(19,20)13(3)6-2/h10-11,13-14H,5-9,12H2,1-4H3,(H,17,18). The Hall–Kier alpha value is -0.840. The van der Waals surface area contributed by atoms with Gasteiger partial charge in [0, 0.05) is 5.92 Å². The molecular weight excluding hydrogens is 286 g/mol. The molecule has 1 aliphatic rings. The molecule has 1 fully saturated rings. The van der Waals surface area contributed by atoms with Crippen molar-refractivity contribution in [3.63, 3.8) is 0 Å². The lowest BCUT2D eigenvalue weighted by molar-refractivity contribution is -0.121. The van der Waals surface area contributed by atoms with Gasteiger partial charge in [0.15, 0.2) is 0 Å². The summed E-state index contributed by atoms with van der Waals surface area (Å²) in [5.74, 6) is -0.560. The number of carbonyl (C=O) groups excluding carboxylic acids is 1. The fourth-order valence-corrected chi connectivity index (χ4v) is 3.42. The molecule has 1 saturated carbocycles. The molecule has 0 heterocycles. The van der Waals surface area contributed by atoms with Crippen molar-refractivity contribution >= 4 is 15.9 Å². The van der Waals surface area contributed by atoms with Crippen LogP contribution >= 0.6 is 0 Å². The number of sulfonamides is 1. The van der Waals surface area contributed by atoms with Crippen molar-refractivity contribution in [1.82, 2.24) is 4.72 Å². The van der Waals surface area contributed by atoms with Crippen molar-refractivity contribution in [2.24, 2.45) is 11.3 Å². The van der Waals surface area contributed by atoms with E-state index in [1.54, 1.807) is 13.8 Å². The van der Waals surface area contributed by atoms with Crippen LogP contribution in [0.4, 0.5) is 0 Å². The third-order valence-corrected chi connectivity index (χ3v) is 6.30. The molecule has 0 aromatic carbocycles. The van der Waals surface area contributed by atoms with Crippen LogP contribution in [0.25, 0.3) is 0 Å². The lowest BCUT2D eigenvalue weighted by Gasteiger charge is -2.12. The van der Waals surface area contributed by atoms with Crippen molar-refractivity contribution in [3.05, 3.63) is 12.2 Å². The number of unbranched alkanes of at least 4 members (excludes halogenated alkanes) is 3. The molecule has 0 aliphatic heterocycles. The van der Waals surface area contributed by atoms with Gasteiger partial charge in [-0.3, -0.25) is 9.52 Å². The van der Waals surface area contributed by atoms with Crippen LogP contribution in [0.2, 0.25) is 0 Å². The van der Waals surface area contributed by atoms with Crippen molar-refractivity contribution < 1.29 is 13.2 Å². The summed E-state index contributed by atoms with van der Waals surface area (Å²) in [6, 6.07) is 0. The lowest BCUT2D eigenvalue weighted by Crippen LogP contribution is -2.38. The smallest absolute Gasteiger partial charge is 0.237 e. The van der Waals surface area contributed by atoms with Crippen molar-refractivity contribution in [2.75, 3.05) is 0 Å². The van der Waals surface area contributed by atoms with E-state index in [1.165, 1.54) is 19.3 Å². The summed E-state index contributed by atoms with van der Waals surface area (Å²) >= 11 is 0. The SMILES string of the molecule is CCCCCC=CC1(C)CC1C(=O)NS(=O)(=O)C(C)CC. The van der Waals surface area contributed by atoms with Gasteiger partial charge in [0.05, 0.1) is 5.25 Å². The Kier molecular flexibility index (Phi) is 6.44. The van der Waals surface area contributed by atoms with Gasteiger partial charge >= 0.3 is 0 Å². The van der Waals surface area contributed by atoms with E-state index >= 15 is 0 Å². The summed E-state index contributed by atoms with van der Waals surface area (Å²) in [6.07, 6.45) is 10.1. The first-order chi connectivity index (χ1) is 9.77. The maximum Gasteiger partial charge on any atom is 0.237 e. The highest BCUT2D eigenvalue weighted by atomic mass is 32.2. The van der Waals surface area contributed by atoms with Crippen LogP contribution in [0.1, 0.15) is 66.2 Å². The lowest BCUT2D eigenvalue weighted by atomic mass is 10.0. The monoisotopic (exact) mass is 315 g/mol. The quantitative estimate of drug-likeness (QED) is 0.524. The van der Waals surface area contributed by atoms with E-state index in [4.69, 9.17) is 0 Å². The van der Waals surface area contributed by atoms with Gasteiger partial charge in [-0.15, -0.1) is 0 Å². The fourth-order valence-electron chi connectivity index (χ4n) is 2.35. The average Bonchev–Trinajstić information content (AvgIpc) is 3.09. The van der Waals surface area contributed by atoms with Crippen LogP contribution in [0.15, 0.2) is 12.2 Å². The van der Waals surface area contributed by atoms with Gasteiger partial charge in [0.25, 0.3) is 0 Å². The normalized spacial score (nSPS) is 26.8. The average molecular weight is 315 g/mol. The molecule has 21 heavy (non-hydrogen) atoms. The Morgan fingerprint density at radius 2 is 2.05 bits per heavy atom. The number of hydrogen-bond donors (Lipinski definition) is 1. The molecule has 0 radical (unpaired) electrons. The predicted octanol–water partition coefficient (Wildman–Crippen LogP) is 3.39. The van der Waals surface area contributed by atoms with Crippen molar-refractivity contribution in [2.45, 2.75) is 71.5 Å². The molecule has 0 spiro atoms. The Labute approximate surface area is 129 Å². The largest absolute Gasteiger partial charge is 0.274 e. The molecule has 1 aliphatic carbocycles. The van der Waals surface area contributed by atoms with E-state index in [2.05, 4.69) is 23.8 Å². The second-order valence-electron chi connectivity index (χ2n) is 6.39. The summed E-state index contributed by atoms with van der Waals surface area (Å²) in [4.78, 5) is 12.1. The van der Waals surface area contributed by atoms with Gasteiger partial charge in [-0.1, -0.05) is 45.8 Å². The summed E-state index contributed by atoms with van der Waals surface area (Å²) in [5, 5.41) is -0.531. The Morgan fingerprint density at radius 3 is 2.62 bits per heavy atom. The van der Waals surface area contributed by atoms with E-state index < -0.39 is 15.3 Å².